The van der Waals surface area contributed by atoms with Crippen LogP contribution in [0.2, 0.25) is 0 Å². The van der Waals surface area contributed by atoms with Gasteiger partial charge in [-0.25, -0.2) is 13.2 Å². The van der Waals surface area contributed by atoms with Crippen molar-refractivity contribution in [1.82, 2.24) is 14.9 Å². The van der Waals surface area contributed by atoms with E-state index < -0.39 is 10.0 Å². The van der Waals surface area contributed by atoms with Crippen LogP contribution in [-0.2, 0) is 21.3 Å². The van der Waals surface area contributed by atoms with Gasteiger partial charge >= 0.3 is 6.03 Å². The number of amides is 2. The molecular formula is C24H27N3O4S. The van der Waals surface area contributed by atoms with Gasteiger partial charge in [0.15, 0.2) is 0 Å². The Morgan fingerprint density at radius 2 is 1.69 bits per heavy atom. The highest BCUT2D eigenvalue weighted by Crippen LogP contribution is 2.22. The number of carbonyl (C=O) groups excluding carboxylic acids is 1. The van der Waals surface area contributed by atoms with E-state index in [1.54, 1.807) is 24.3 Å². The van der Waals surface area contributed by atoms with E-state index in [1.807, 2.05) is 43.3 Å². The Morgan fingerprint density at radius 3 is 2.47 bits per heavy atom. The van der Waals surface area contributed by atoms with Crippen molar-refractivity contribution >= 4 is 26.8 Å². The number of fused-ring (bicyclic) bond motifs is 1. The Morgan fingerprint density at radius 1 is 1.00 bits per heavy atom. The molecule has 8 heteroatoms. The fraction of sp³-hybridized carbons (Fsp3) is 0.292. The van der Waals surface area contributed by atoms with Crippen LogP contribution in [0.4, 0.5) is 4.79 Å². The largest absolute Gasteiger partial charge is 0.379 e. The number of rotatable bonds is 6. The lowest BCUT2D eigenvalue weighted by Crippen LogP contribution is -2.41. The molecule has 0 bridgehead atoms. The predicted molar refractivity (Wildman–Crippen MR) is 124 cm³/mol. The molecule has 3 aromatic carbocycles. The van der Waals surface area contributed by atoms with Crippen molar-refractivity contribution in [3.8, 4) is 0 Å². The van der Waals surface area contributed by atoms with E-state index in [0.717, 1.165) is 16.3 Å². The van der Waals surface area contributed by atoms with Crippen LogP contribution in [-0.4, -0.2) is 45.1 Å². The maximum atomic E-state index is 13.1. The van der Waals surface area contributed by atoms with Crippen molar-refractivity contribution < 1.29 is 17.9 Å². The van der Waals surface area contributed by atoms with Crippen molar-refractivity contribution in [2.45, 2.75) is 24.4 Å². The normalized spacial score (nSPS) is 15.9. The minimum Gasteiger partial charge on any atom is -0.379 e. The third-order valence-corrected chi connectivity index (χ3v) is 7.62. The number of ether oxygens (including phenoxy) is 1. The number of hydrogen-bond donors (Lipinski definition) is 2. The highest BCUT2D eigenvalue weighted by atomic mass is 32.2. The second-order valence-corrected chi connectivity index (χ2v) is 9.69. The average Bonchev–Trinajstić information content (AvgIpc) is 2.83. The molecule has 1 aliphatic heterocycles. The Bertz CT molecular complexity index is 1210. The summed E-state index contributed by atoms with van der Waals surface area (Å²) in [5.41, 5.74) is 1.54. The lowest BCUT2D eigenvalue weighted by Gasteiger charge is -2.27. The number of nitrogens with one attached hydrogen (secondary N) is 2. The van der Waals surface area contributed by atoms with Crippen LogP contribution in [0, 0.1) is 0 Å². The topological polar surface area (TPSA) is 87.7 Å². The zero-order valence-corrected chi connectivity index (χ0v) is 18.8. The van der Waals surface area contributed by atoms with Crippen LogP contribution in [0.25, 0.3) is 10.8 Å². The average molecular weight is 454 g/mol. The number of benzene rings is 3. The molecule has 168 valence electrons. The summed E-state index contributed by atoms with van der Waals surface area (Å²) in [5.74, 6) is 0. The zero-order chi connectivity index (χ0) is 22.6. The number of hydrogen-bond acceptors (Lipinski definition) is 4. The summed E-state index contributed by atoms with van der Waals surface area (Å²) >= 11 is 0. The van der Waals surface area contributed by atoms with Crippen LogP contribution >= 0.6 is 0 Å². The van der Waals surface area contributed by atoms with Gasteiger partial charge in [0.05, 0.1) is 24.2 Å². The minimum absolute atomic E-state index is 0.107. The Kier molecular flexibility index (Phi) is 6.74. The van der Waals surface area contributed by atoms with Crippen LogP contribution in [0.15, 0.2) is 71.6 Å². The van der Waals surface area contributed by atoms with Gasteiger partial charge < -0.3 is 15.4 Å². The molecule has 0 radical (unpaired) electrons. The predicted octanol–water partition coefficient (Wildman–Crippen LogP) is 3.42. The second-order valence-electron chi connectivity index (χ2n) is 7.78. The first-order valence-electron chi connectivity index (χ1n) is 10.6. The first-order chi connectivity index (χ1) is 15.4. The number of morpholine rings is 1. The molecule has 0 saturated carbocycles. The van der Waals surface area contributed by atoms with Gasteiger partial charge in [-0.05, 0) is 41.0 Å². The molecule has 3 aromatic rings. The van der Waals surface area contributed by atoms with Crippen molar-refractivity contribution in [3.63, 3.8) is 0 Å². The summed E-state index contributed by atoms with van der Waals surface area (Å²) in [7, 11) is -3.65. The van der Waals surface area contributed by atoms with Crippen LogP contribution < -0.4 is 10.6 Å². The third kappa shape index (κ3) is 4.93. The van der Waals surface area contributed by atoms with E-state index >= 15 is 0 Å². The molecule has 7 nitrogen and oxygen atoms in total. The molecule has 1 saturated heterocycles. The summed E-state index contributed by atoms with van der Waals surface area (Å²) in [6.45, 7) is 3.45. The van der Waals surface area contributed by atoms with E-state index in [9.17, 15) is 13.2 Å². The van der Waals surface area contributed by atoms with Crippen LogP contribution in [0.1, 0.15) is 24.1 Å². The smallest absolute Gasteiger partial charge is 0.315 e. The van der Waals surface area contributed by atoms with E-state index in [2.05, 4.69) is 16.7 Å². The summed E-state index contributed by atoms with van der Waals surface area (Å²) in [4.78, 5) is 12.7. The minimum atomic E-state index is -3.65. The van der Waals surface area contributed by atoms with Gasteiger partial charge in [-0.3, -0.25) is 0 Å². The molecule has 2 N–H and O–H groups in total. The Labute approximate surface area is 188 Å². The van der Waals surface area contributed by atoms with Crippen molar-refractivity contribution in [3.05, 3.63) is 77.9 Å². The van der Waals surface area contributed by atoms with Crippen LogP contribution in [0.5, 0.6) is 0 Å². The summed E-state index contributed by atoms with van der Waals surface area (Å²) < 4.78 is 32.8. The molecule has 1 atom stereocenters. The van der Waals surface area contributed by atoms with E-state index in [4.69, 9.17) is 4.74 Å². The fourth-order valence-electron chi connectivity index (χ4n) is 3.81. The number of sulfonamides is 1. The van der Waals surface area contributed by atoms with Gasteiger partial charge in [0.1, 0.15) is 0 Å². The third-order valence-electron chi connectivity index (χ3n) is 5.62. The van der Waals surface area contributed by atoms with Crippen molar-refractivity contribution in [1.29, 1.82) is 0 Å². The van der Waals surface area contributed by atoms with E-state index in [1.165, 1.54) is 4.31 Å². The van der Waals surface area contributed by atoms with Gasteiger partial charge in [-0.2, -0.15) is 4.31 Å². The van der Waals surface area contributed by atoms with Gasteiger partial charge in [0, 0.05) is 19.6 Å². The fourth-order valence-corrected chi connectivity index (χ4v) is 5.44. The highest BCUT2D eigenvalue weighted by Gasteiger charge is 2.28. The molecule has 0 spiro atoms. The summed E-state index contributed by atoms with van der Waals surface area (Å²) in [6, 6.07) is 20.4. The van der Waals surface area contributed by atoms with Crippen LogP contribution in [0.3, 0.4) is 0 Å². The quantitative estimate of drug-likeness (QED) is 0.599. The molecule has 1 aliphatic rings. The lowest BCUT2D eigenvalue weighted by atomic mass is 10.0. The molecule has 0 aliphatic carbocycles. The molecule has 4 rings (SSSR count). The molecular weight excluding hydrogens is 426 g/mol. The van der Waals surface area contributed by atoms with Gasteiger partial charge in [0.25, 0.3) is 0 Å². The first kappa shape index (κ1) is 22.3. The van der Waals surface area contributed by atoms with Crippen molar-refractivity contribution in [2.24, 2.45) is 0 Å². The molecule has 1 heterocycles. The molecule has 0 aromatic heterocycles. The second kappa shape index (κ2) is 9.68. The van der Waals surface area contributed by atoms with Gasteiger partial charge in [0.2, 0.25) is 10.0 Å². The first-order valence-corrected chi connectivity index (χ1v) is 12.1. The maximum absolute atomic E-state index is 13.1. The molecule has 32 heavy (non-hydrogen) atoms. The number of carbonyl (C=O) groups is 1. The molecule has 1 fully saturated rings. The molecule has 1 unspecified atom stereocenters. The summed E-state index contributed by atoms with van der Waals surface area (Å²) in [5, 5.41) is 7.98. The zero-order valence-electron chi connectivity index (χ0n) is 18.0. The highest BCUT2D eigenvalue weighted by molar-refractivity contribution is 7.89. The molecule has 2 amide bonds. The number of urea groups is 1. The summed E-state index contributed by atoms with van der Waals surface area (Å²) in [6.07, 6.45) is 0. The Balaban J connectivity index is 1.41. The standard InChI is InChI=1S/C24H27N3O4S/c1-18(20-11-10-19-6-2-3-7-21(19)16-20)26-24(28)25-17-22-8-4-5-9-23(22)32(29,30)27-12-14-31-15-13-27/h2-11,16,18H,12-15,17H2,1H3,(H2,25,26,28). The van der Waals surface area contributed by atoms with Gasteiger partial charge in [-0.1, -0.05) is 54.6 Å². The van der Waals surface area contributed by atoms with E-state index in [0.29, 0.717) is 31.9 Å². The van der Waals surface area contributed by atoms with E-state index in [-0.39, 0.29) is 23.5 Å². The monoisotopic (exact) mass is 453 g/mol. The maximum Gasteiger partial charge on any atom is 0.315 e. The number of nitrogens with zero attached hydrogens (tertiary/aromatic N) is 1. The lowest BCUT2D eigenvalue weighted by molar-refractivity contribution is 0.0730. The van der Waals surface area contributed by atoms with Crippen molar-refractivity contribution in [2.75, 3.05) is 26.3 Å². The SMILES string of the molecule is CC(NC(=O)NCc1ccccc1S(=O)(=O)N1CCOCC1)c1ccc2ccccc2c1. The Hall–Kier alpha value is -2.94. The van der Waals surface area contributed by atoms with Gasteiger partial charge in [-0.15, -0.1) is 0 Å².